The highest BCUT2D eigenvalue weighted by Crippen LogP contribution is 2.21. The summed E-state index contributed by atoms with van der Waals surface area (Å²) in [6.07, 6.45) is 6.32. The van der Waals surface area contributed by atoms with Gasteiger partial charge in [0.25, 0.3) is 0 Å². The van der Waals surface area contributed by atoms with Gasteiger partial charge in [-0.25, -0.2) is 0 Å². The standard InChI is InChI=1S/C15H27N3/c1-5-15-12(3)17-18(13(15)4)11(2)7-6-10-16-14-8-9-14/h11,14,16H,5-10H2,1-4H3. The minimum Gasteiger partial charge on any atom is -0.314 e. The van der Waals surface area contributed by atoms with Gasteiger partial charge in [0, 0.05) is 17.8 Å². The highest BCUT2D eigenvalue weighted by molar-refractivity contribution is 5.24. The van der Waals surface area contributed by atoms with Gasteiger partial charge in [0.2, 0.25) is 0 Å². The Morgan fingerprint density at radius 2 is 2.11 bits per heavy atom. The topological polar surface area (TPSA) is 29.9 Å². The second kappa shape index (κ2) is 5.87. The Balaban J connectivity index is 1.85. The molecule has 0 aromatic carbocycles. The van der Waals surface area contributed by atoms with Crippen molar-refractivity contribution in [2.45, 2.75) is 71.9 Å². The van der Waals surface area contributed by atoms with Gasteiger partial charge in [-0.2, -0.15) is 5.10 Å². The molecule has 0 saturated heterocycles. The largest absolute Gasteiger partial charge is 0.314 e. The lowest BCUT2D eigenvalue weighted by Gasteiger charge is -2.14. The SMILES string of the molecule is CCc1c(C)nn(C(C)CCCNC2CC2)c1C. The molecule has 3 heteroatoms. The molecule has 1 heterocycles. The first-order chi connectivity index (χ1) is 8.63. The lowest BCUT2D eigenvalue weighted by atomic mass is 10.1. The zero-order valence-electron chi connectivity index (χ0n) is 12.3. The van der Waals surface area contributed by atoms with E-state index in [-0.39, 0.29) is 0 Å². The molecule has 0 spiro atoms. The Morgan fingerprint density at radius 1 is 1.39 bits per heavy atom. The summed E-state index contributed by atoms with van der Waals surface area (Å²) in [7, 11) is 0. The molecule has 1 aromatic rings. The summed E-state index contributed by atoms with van der Waals surface area (Å²) < 4.78 is 2.23. The summed E-state index contributed by atoms with van der Waals surface area (Å²) in [5.41, 5.74) is 3.99. The van der Waals surface area contributed by atoms with Crippen LogP contribution in [0.1, 0.15) is 62.5 Å². The molecule has 1 aliphatic carbocycles. The number of aryl methyl sites for hydroxylation is 1. The molecule has 0 amide bonds. The Bertz CT molecular complexity index is 391. The van der Waals surface area contributed by atoms with Crippen LogP contribution in [0, 0.1) is 13.8 Å². The molecule has 0 radical (unpaired) electrons. The molecule has 3 nitrogen and oxygen atoms in total. The van der Waals surface area contributed by atoms with Crippen molar-refractivity contribution in [3.8, 4) is 0 Å². The van der Waals surface area contributed by atoms with E-state index < -0.39 is 0 Å². The van der Waals surface area contributed by atoms with E-state index >= 15 is 0 Å². The summed E-state index contributed by atoms with van der Waals surface area (Å²) in [5.74, 6) is 0. The predicted octanol–water partition coefficient (Wildman–Crippen LogP) is 3.16. The van der Waals surface area contributed by atoms with E-state index in [1.165, 1.54) is 42.6 Å². The lowest BCUT2D eigenvalue weighted by molar-refractivity contribution is 0.429. The molecule has 1 atom stereocenters. The van der Waals surface area contributed by atoms with Gasteiger partial charge in [-0.15, -0.1) is 0 Å². The smallest absolute Gasteiger partial charge is 0.0628 e. The molecule has 2 rings (SSSR count). The highest BCUT2D eigenvalue weighted by atomic mass is 15.3. The molecule has 1 aromatic heterocycles. The maximum Gasteiger partial charge on any atom is 0.0628 e. The number of rotatable bonds is 7. The Labute approximate surface area is 111 Å². The average Bonchev–Trinajstić information content (AvgIpc) is 3.11. The molecule has 1 unspecified atom stereocenters. The fourth-order valence-corrected chi connectivity index (χ4v) is 2.75. The maximum absolute atomic E-state index is 4.70. The van der Waals surface area contributed by atoms with Crippen molar-refractivity contribution in [2.75, 3.05) is 6.54 Å². The van der Waals surface area contributed by atoms with E-state index in [1.807, 2.05) is 0 Å². The van der Waals surface area contributed by atoms with Crippen LogP contribution < -0.4 is 5.32 Å². The van der Waals surface area contributed by atoms with Crippen LogP contribution in [-0.4, -0.2) is 22.4 Å². The van der Waals surface area contributed by atoms with Gasteiger partial charge in [-0.05, 0) is 65.0 Å². The van der Waals surface area contributed by atoms with Crippen molar-refractivity contribution in [3.05, 3.63) is 17.0 Å². The molecule has 18 heavy (non-hydrogen) atoms. The van der Waals surface area contributed by atoms with Crippen LogP contribution in [0.4, 0.5) is 0 Å². The van der Waals surface area contributed by atoms with Crippen molar-refractivity contribution in [3.63, 3.8) is 0 Å². The summed E-state index contributed by atoms with van der Waals surface area (Å²) in [6.45, 7) is 10.00. The third-order valence-corrected chi connectivity index (χ3v) is 4.05. The first-order valence-electron chi connectivity index (χ1n) is 7.41. The van der Waals surface area contributed by atoms with E-state index in [9.17, 15) is 0 Å². The second-order valence-electron chi connectivity index (χ2n) is 5.67. The van der Waals surface area contributed by atoms with Crippen molar-refractivity contribution in [1.82, 2.24) is 15.1 Å². The Morgan fingerprint density at radius 3 is 2.67 bits per heavy atom. The molecular weight excluding hydrogens is 222 g/mol. The van der Waals surface area contributed by atoms with Crippen LogP contribution >= 0.6 is 0 Å². The van der Waals surface area contributed by atoms with Crippen LogP contribution in [0.15, 0.2) is 0 Å². The van der Waals surface area contributed by atoms with Crippen LogP contribution in [-0.2, 0) is 6.42 Å². The van der Waals surface area contributed by atoms with Crippen LogP contribution in [0.5, 0.6) is 0 Å². The van der Waals surface area contributed by atoms with Crippen molar-refractivity contribution in [2.24, 2.45) is 0 Å². The van der Waals surface area contributed by atoms with Gasteiger partial charge in [0.05, 0.1) is 5.69 Å². The molecule has 0 aliphatic heterocycles. The molecule has 1 N–H and O–H groups in total. The van der Waals surface area contributed by atoms with Crippen molar-refractivity contribution in [1.29, 1.82) is 0 Å². The monoisotopic (exact) mass is 249 g/mol. The quantitative estimate of drug-likeness (QED) is 0.752. The van der Waals surface area contributed by atoms with E-state index in [4.69, 9.17) is 5.10 Å². The zero-order chi connectivity index (χ0) is 13.1. The fraction of sp³-hybridized carbons (Fsp3) is 0.800. The molecule has 102 valence electrons. The summed E-state index contributed by atoms with van der Waals surface area (Å²) in [4.78, 5) is 0. The highest BCUT2D eigenvalue weighted by Gasteiger charge is 2.20. The third kappa shape index (κ3) is 3.14. The van der Waals surface area contributed by atoms with Crippen LogP contribution in [0.25, 0.3) is 0 Å². The molecule has 1 saturated carbocycles. The minimum absolute atomic E-state index is 0.519. The number of nitrogens with zero attached hydrogens (tertiary/aromatic N) is 2. The Kier molecular flexibility index (Phi) is 4.44. The lowest BCUT2D eigenvalue weighted by Crippen LogP contribution is -2.19. The number of hydrogen-bond acceptors (Lipinski definition) is 2. The van der Waals surface area contributed by atoms with E-state index in [1.54, 1.807) is 0 Å². The molecular formula is C15H27N3. The first-order valence-corrected chi connectivity index (χ1v) is 7.41. The summed E-state index contributed by atoms with van der Waals surface area (Å²) in [6, 6.07) is 1.35. The number of aromatic nitrogens is 2. The molecule has 0 bridgehead atoms. The van der Waals surface area contributed by atoms with E-state index in [0.717, 1.165) is 19.0 Å². The normalized spacial score (nSPS) is 17.1. The van der Waals surface area contributed by atoms with Gasteiger partial charge >= 0.3 is 0 Å². The fourth-order valence-electron chi connectivity index (χ4n) is 2.75. The minimum atomic E-state index is 0.519. The molecule has 1 fully saturated rings. The maximum atomic E-state index is 4.70. The van der Waals surface area contributed by atoms with Crippen LogP contribution in [0.2, 0.25) is 0 Å². The van der Waals surface area contributed by atoms with Gasteiger partial charge in [-0.1, -0.05) is 6.92 Å². The first kappa shape index (κ1) is 13.6. The van der Waals surface area contributed by atoms with Gasteiger partial charge in [-0.3, -0.25) is 4.68 Å². The average molecular weight is 249 g/mol. The second-order valence-corrected chi connectivity index (χ2v) is 5.67. The van der Waals surface area contributed by atoms with Crippen LogP contribution in [0.3, 0.4) is 0 Å². The summed E-state index contributed by atoms with van der Waals surface area (Å²) >= 11 is 0. The zero-order valence-corrected chi connectivity index (χ0v) is 12.3. The van der Waals surface area contributed by atoms with Gasteiger partial charge < -0.3 is 5.32 Å². The van der Waals surface area contributed by atoms with Crippen molar-refractivity contribution >= 4 is 0 Å². The number of hydrogen-bond donors (Lipinski definition) is 1. The van der Waals surface area contributed by atoms with Gasteiger partial charge in [0.15, 0.2) is 0 Å². The number of nitrogens with one attached hydrogen (secondary N) is 1. The third-order valence-electron chi connectivity index (χ3n) is 4.05. The van der Waals surface area contributed by atoms with E-state index in [2.05, 4.69) is 37.7 Å². The summed E-state index contributed by atoms with van der Waals surface area (Å²) in [5, 5.41) is 8.28. The Hall–Kier alpha value is -0.830. The molecule has 1 aliphatic rings. The van der Waals surface area contributed by atoms with Crippen molar-refractivity contribution < 1.29 is 0 Å². The predicted molar refractivity (Wildman–Crippen MR) is 76.0 cm³/mol. The van der Waals surface area contributed by atoms with E-state index in [0.29, 0.717) is 6.04 Å². The van der Waals surface area contributed by atoms with Gasteiger partial charge in [0.1, 0.15) is 0 Å².